The largest absolute Gasteiger partial charge is 0.260 e. The number of hydrogen-bond donors (Lipinski definition) is 1. The topological polar surface area (TPSA) is 87.0 Å². The Balaban J connectivity index is 2.18. The van der Waals surface area contributed by atoms with Crippen molar-refractivity contribution >= 4 is 20.8 Å². The third-order valence-corrected chi connectivity index (χ3v) is 5.98. The molecule has 2 rings (SSSR count). The third kappa shape index (κ3) is 3.42. The summed E-state index contributed by atoms with van der Waals surface area (Å²) in [5, 5.41) is 8.72. The number of nitrogens with one attached hydrogen (secondary N) is 1. The Morgan fingerprint density at radius 3 is 2.60 bits per heavy atom. The Morgan fingerprint density at radius 2 is 2.00 bits per heavy atom. The van der Waals surface area contributed by atoms with Gasteiger partial charge in [-0.3, -0.25) is 4.21 Å². The van der Waals surface area contributed by atoms with Gasteiger partial charge in [0.25, 0.3) is 0 Å². The van der Waals surface area contributed by atoms with Crippen LogP contribution in [0.5, 0.6) is 0 Å². The van der Waals surface area contributed by atoms with Crippen LogP contribution in [-0.2, 0) is 20.8 Å². The van der Waals surface area contributed by atoms with Crippen LogP contribution in [0.3, 0.4) is 0 Å². The molecular formula is C12H13FN2O3S2. The van der Waals surface area contributed by atoms with E-state index in [2.05, 4.69) is 4.72 Å². The minimum atomic E-state index is -3.79. The monoisotopic (exact) mass is 316 g/mol. The fourth-order valence-electron chi connectivity index (χ4n) is 1.96. The number of nitrogens with zero attached hydrogens (tertiary/aromatic N) is 1. The second-order valence-corrected chi connectivity index (χ2v) is 7.91. The van der Waals surface area contributed by atoms with Gasteiger partial charge in [-0.1, -0.05) is 0 Å². The van der Waals surface area contributed by atoms with Crippen molar-refractivity contribution in [2.45, 2.75) is 23.8 Å². The van der Waals surface area contributed by atoms with Gasteiger partial charge in [0.1, 0.15) is 11.9 Å². The summed E-state index contributed by atoms with van der Waals surface area (Å²) >= 11 is 0. The number of sulfonamides is 1. The molecular weight excluding hydrogens is 303 g/mol. The molecule has 108 valence electrons. The van der Waals surface area contributed by atoms with Crippen LogP contribution in [0.1, 0.15) is 18.4 Å². The van der Waals surface area contributed by atoms with Crippen molar-refractivity contribution in [3.05, 3.63) is 29.6 Å². The minimum Gasteiger partial charge on any atom is -0.260 e. The molecule has 0 unspecified atom stereocenters. The zero-order valence-electron chi connectivity index (χ0n) is 10.5. The molecule has 8 heteroatoms. The van der Waals surface area contributed by atoms with E-state index >= 15 is 0 Å². The summed E-state index contributed by atoms with van der Waals surface area (Å²) < 4.78 is 51.2. The molecule has 1 N–H and O–H groups in total. The first kappa shape index (κ1) is 15.1. The molecule has 0 radical (unpaired) electrons. The zero-order chi connectivity index (χ0) is 14.8. The quantitative estimate of drug-likeness (QED) is 0.897. The number of nitriles is 1. The smallest absolute Gasteiger partial charge is 0.240 e. The minimum absolute atomic E-state index is 0.137. The number of rotatable bonds is 3. The van der Waals surface area contributed by atoms with Crippen molar-refractivity contribution in [2.75, 3.05) is 11.5 Å². The summed E-state index contributed by atoms with van der Waals surface area (Å²) in [6.07, 6.45) is 1.02. The summed E-state index contributed by atoms with van der Waals surface area (Å²) in [7, 11) is -4.66. The molecule has 1 aromatic rings. The van der Waals surface area contributed by atoms with E-state index in [-0.39, 0.29) is 16.5 Å². The van der Waals surface area contributed by atoms with Gasteiger partial charge in [0.2, 0.25) is 10.0 Å². The first-order valence-corrected chi connectivity index (χ1v) is 8.96. The number of benzene rings is 1. The summed E-state index contributed by atoms with van der Waals surface area (Å²) in [6.45, 7) is 0. The average molecular weight is 316 g/mol. The Bertz CT molecular complexity index is 672. The van der Waals surface area contributed by atoms with E-state index in [0.717, 1.165) is 18.2 Å². The van der Waals surface area contributed by atoms with Gasteiger partial charge in [-0.05, 0) is 31.0 Å². The van der Waals surface area contributed by atoms with Gasteiger partial charge in [0.05, 0.1) is 10.5 Å². The number of hydrogen-bond acceptors (Lipinski definition) is 4. The molecule has 0 spiro atoms. The van der Waals surface area contributed by atoms with Crippen LogP contribution in [0.2, 0.25) is 0 Å². The van der Waals surface area contributed by atoms with Gasteiger partial charge < -0.3 is 0 Å². The highest BCUT2D eigenvalue weighted by molar-refractivity contribution is 7.89. The lowest BCUT2D eigenvalue weighted by atomic mass is 10.2. The van der Waals surface area contributed by atoms with Crippen LogP contribution in [-0.4, -0.2) is 30.2 Å². The summed E-state index contributed by atoms with van der Waals surface area (Å²) in [4.78, 5) is -0.137. The normalized spacial score (nSPS) is 23.2. The summed E-state index contributed by atoms with van der Waals surface area (Å²) in [6, 6.07) is 4.44. The lowest BCUT2D eigenvalue weighted by Gasteiger charge is -2.22. The molecule has 20 heavy (non-hydrogen) atoms. The number of halogens is 1. The fraction of sp³-hybridized carbons (Fsp3) is 0.417. The Kier molecular flexibility index (Phi) is 4.52. The molecule has 1 aliphatic rings. The highest BCUT2D eigenvalue weighted by Crippen LogP contribution is 2.17. The molecule has 5 nitrogen and oxygen atoms in total. The Hall–Kier alpha value is -1.30. The molecule has 0 aromatic heterocycles. The Labute approximate surface area is 119 Å². The van der Waals surface area contributed by atoms with Crippen molar-refractivity contribution < 1.29 is 17.0 Å². The lowest BCUT2D eigenvalue weighted by molar-refractivity contribution is 0.521. The van der Waals surface area contributed by atoms with Crippen LogP contribution < -0.4 is 4.72 Å². The molecule has 0 bridgehead atoms. The second-order valence-electron chi connectivity index (χ2n) is 4.50. The van der Waals surface area contributed by atoms with E-state index < -0.39 is 26.6 Å². The van der Waals surface area contributed by atoms with Gasteiger partial charge in [-0.15, -0.1) is 0 Å². The maximum Gasteiger partial charge on any atom is 0.240 e. The van der Waals surface area contributed by atoms with E-state index in [0.29, 0.717) is 24.3 Å². The van der Waals surface area contributed by atoms with Crippen LogP contribution in [0.15, 0.2) is 23.1 Å². The van der Waals surface area contributed by atoms with Crippen molar-refractivity contribution in [1.82, 2.24) is 4.72 Å². The van der Waals surface area contributed by atoms with E-state index in [1.165, 1.54) is 0 Å². The van der Waals surface area contributed by atoms with Gasteiger partial charge in [0.15, 0.2) is 0 Å². The molecule has 1 saturated heterocycles. The molecule has 1 aliphatic heterocycles. The highest BCUT2D eigenvalue weighted by atomic mass is 32.2. The van der Waals surface area contributed by atoms with Crippen LogP contribution in [0.25, 0.3) is 0 Å². The lowest BCUT2D eigenvalue weighted by Crippen LogP contribution is -2.39. The zero-order valence-corrected chi connectivity index (χ0v) is 12.1. The van der Waals surface area contributed by atoms with Gasteiger partial charge in [-0.2, -0.15) is 5.26 Å². The first-order chi connectivity index (χ1) is 9.42. The third-order valence-electron chi connectivity index (χ3n) is 3.08. The van der Waals surface area contributed by atoms with Crippen molar-refractivity contribution in [1.29, 1.82) is 5.26 Å². The summed E-state index contributed by atoms with van der Waals surface area (Å²) in [5.74, 6) is 0.194. The SMILES string of the molecule is N#Cc1cc(S(=O)(=O)NC2CCS(=O)CC2)ccc1F. The molecule has 1 aromatic carbocycles. The van der Waals surface area contributed by atoms with Crippen molar-refractivity contribution in [2.24, 2.45) is 0 Å². The van der Waals surface area contributed by atoms with Crippen LogP contribution >= 0.6 is 0 Å². The van der Waals surface area contributed by atoms with Crippen LogP contribution in [0.4, 0.5) is 4.39 Å². The molecule has 0 saturated carbocycles. The molecule has 0 aliphatic carbocycles. The van der Waals surface area contributed by atoms with Gasteiger partial charge in [0, 0.05) is 28.3 Å². The van der Waals surface area contributed by atoms with Crippen molar-refractivity contribution in [3.8, 4) is 6.07 Å². The van der Waals surface area contributed by atoms with E-state index in [1.54, 1.807) is 6.07 Å². The maximum absolute atomic E-state index is 13.2. The summed E-state index contributed by atoms with van der Waals surface area (Å²) in [5.41, 5.74) is -0.308. The van der Waals surface area contributed by atoms with Gasteiger partial charge in [-0.25, -0.2) is 17.5 Å². The second kappa shape index (κ2) is 5.99. The predicted molar refractivity (Wildman–Crippen MR) is 72.3 cm³/mol. The van der Waals surface area contributed by atoms with Crippen molar-refractivity contribution in [3.63, 3.8) is 0 Å². The molecule has 1 heterocycles. The molecule has 1 fully saturated rings. The average Bonchev–Trinajstić information content (AvgIpc) is 2.41. The maximum atomic E-state index is 13.2. The van der Waals surface area contributed by atoms with E-state index in [1.807, 2.05) is 0 Å². The van der Waals surface area contributed by atoms with E-state index in [9.17, 15) is 17.0 Å². The predicted octanol–water partition coefficient (Wildman–Crippen LogP) is 0.887. The Morgan fingerprint density at radius 1 is 1.35 bits per heavy atom. The van der Waals surface area contributed by atoms with E-state index in [4.69, 9.17) is 5.26 Å². The van der Waals surface area contributed by atoms with Crippen LogP contribution in [0, 0.1) is 17.1 Å². The first-order valence-electron chi connectivity index (χ1n) is 5.99. The molecule has 0 amide bonds. The highest BCUT2D eigenvalue weighted by Gasteiger charge is 2.24. The standard InChI is InChI=1S/C12H13FN2O3S2/c13-12-2-1-11(7-9(12)8-14)20(17,18)15-10-3-5-19(16)6-4-10/h1-2,7,10,15H,3-6H2. The van der Waals surface area contributed by atoms with Gasteiger partial charge >= 0.3 is 0 Å². The fourth-order valence-corrected chi connectivity index (χ4v) is 4.59. The molecule has 0 atom stereocenters.